The molecule has 7 heteroatoms. The Labute approximate surface area is 99.7 Å². The molecular weight excluding hydrogens is 226 g/mol. The van der Waals surface area contributed by atoms with Crippen LogP contribution in [0.5, 0.6) is 0 Å². The predicted octanol–water partition coefficient (Wildman–Crippen LogP) is -1.32. The number of hydrogen-bond acceptors (Lipinski definition) is 4. The number of hydrogen-bond donors (Lipinski definition) is 4. The van der Waals surface area contributed by atoms with Crippen molar-refractivity contribution in [1.29, 1.82) is 0 Å². The SMILES string of the molecule is CCC(CN)CC(=O)NCC(=O)NCC(=O)O. The van der Waals surface area contributed by atoms with Crippen molar-refractivity contribution in [1.82, 2.24) is 10.6 Å². The van der Waals surface area contributed by atoms with E-state index < -0.39 is 18.4 Å². The maximum atomic E-state index is 11.4. The third-order valence-electron chi connectivity index (χ3n) is 2.27. The van der Waals surface area contributed by atoms with Gasteiger partial charge in [0, 0.05) is 6.42 Å². The molecule has 0 rings (SSSR count). The summed E-state index contributed by atoms with van der Waals surface area (Å²) in [5, 5.41) is 12.9. The Morgan fingerprint density at radius 3 is 2.24 bits per heavy atom. The van der Waals surface area contributed by atoms with Gasteiger partial charge in [0.2, 0.25) is 11.8 Å². The molecule has 0 saturated carbocycles. The van der Waals surface area contributed by atoms with E-state index in [0.717, 1.165) is 6.42 Å². The number of nitrogens with one attached hydrogen (secondary N) is 2. The van der Waals surface area contributed by atoms with Gasteiger partial charge in [0.05, 0.1) is 6.54 Å². The normalized spacial score (nSPS) is 11.6. The lowest BCUT2D eigenvalue weighted by Crippen LogP contribution is -2.39. The largest absolute Gasteiger partial charge is 0.480 e. The second-order valence-corrected chi connectivity index (χ2v) is 3.66. The Bertz CT molecular complexity index is 277. The zero-order chi connectivity index (χ0) is 13.3. The second-order valence-electron chi connectivity index (χ2n) is 3.66. The van der Waals surface area contributed by atoms with Crippen molar-refractivity contribution < 1.29 is 19.5 Å². The van der Waals surface area contributed by atoms with Gasteiger partial charge in [0.1, 0.15) is 6.54 Å². The minimum Gasteiger partial charge on any atom is -0.480 e. The first kappa shape index (κ1) is 15.4. The van der Waals surface area contributed by atoms with E-state index in [4.69, 9.17) is 10.8 Å². The van der Waals surface area contributed by atoms with Crippen LogP contribution in [0, 0.1) is 5.92 Å². The number of amides is 2. The Morgan fingerprint density at radius 2 is 1.76 bits per heavy atom. The van der Waals surface area contributed by atoms with Crippen LogP contribution in [-0.2, 0) is 14.4 Å². The summed E-state index contributed by atoms with van der Waals surface area (Å²) in [5.41, 5.74) is 5.44. The molecule has 98 valence electrons. The van der Waals surface area contributed by atoms with Gasteiger partial charge in [-0.1, -0.05) is 13.3 Å². The van der Waals surface area contributed by atoms with Gasteiger partial charge in [-0.15, -0.1) is 0 Å². The highest BCUT2D eigenvalue weighted by Crippen LogP contribution is 2.04. The zero-order valence-electron chi connectivity index (χ0n) is 9.86. The molecular formula is C10H19N3O4. The van der Waals surface area contributed by atoms with E-state index in [1.165, 1.54) is 0 Å². The molecule has 0 fully saturated rings. The first-order valence-corrected chi connectivity index (χ1v) is 5.44. The number of nitrogens with two attached hydrogens (primary N) is 1. The number of carboxylic acid groups (broad SMARTS) is 1. The summed E-state index contributed by atoms with van der Waals surface area (Å²) in [6.07, 6.45) is 1.08. The molecule has 17 heavy (non-hydrogen) atoms. The fraction of sp³-hybridized carbons (Fsp3) is 0.700. The summed E-state index contributed by atoms with van der Waals surface area (Å²) >= 11 is 0. The van der Waals surface area contributed by atoms with Crippen molar-refractivity contribution in [3.63, 3.8) is 0 Å². The van der Waals surface area contributed by atoms with E-state index in [9.17, 15) is 14.4 Å². The van der Waals surface area contributed by atoms with Gasteiger partial charge in [-0.3, -0.25) is 14.4 Å². The summed E-state index contributed by atoms with van der Waals surface area (Å²) in [6, 6.07) is 0. The Balaban J connectivity index is 3.76. The smallest absolute Gasteiger partial charge is 0.322 e. The zero-order valence-corrected chi connectivity index (χ0v) is 9.86. The van der Waals surface area contributed by atoms with Crippen LogP contribution in [0.2, 0.25) is 0 Å². The van der Waals surface area contributed by atoms with Crippen molar-refractivity contribution >= 4 is 17.8 Å². The number of carboxylic acids is 1. The number of carbonyl (C=O) groups excluding carboxylic acids is 2. The maximum Gasteiger partial charge on any atom is 0.322 e. The van der Waals surface area contributed by atoms with Crippen LogP contribution >= 0.6 is 0 Å². The first-order valence-electron chi connectivity index (χ1n) is 5.44. The number of rotatable bonds is 8. The molecule has 0 radical (unpaired) electrons. The van der Waals surface area contributed by atoms with Crippen molar-refractivity contribution in [2.45, 2.75) is 19.8 Å². The molecule has 1 unspecified atom stereocenters. The van der Waals surface area contributed by atoms with Crippen LogP contribution in [0.3, 0.4) is 0 Å². The fourth-order valence-electron chi connectivity index (χ4n) is 1.14. The summed E-state index contributed by atoms with van der Waals surface area (Å²) < 4.78 is 0. The topological polar surface area (TPSA) is 122 Å². The molecule has 0 aliphatic heterocycles. The van der Waals surface area contributed by atoms with E-state index >= 15 is 0 Å². The molecule has 0 heterocycles. The molecule has 0 aromatic carbocycles. The van der Waals surface area contributed by atoms with E-state index in [1.54, 1.807) is 0 Å². The molecule has 0 aromatic heterocycles. The third kappa shape index (κ3) is 8.21. The first-order chi connectivity index (χ1) is 7.99. The molecule has 0 aliphatic rings. The van der Waals surface area contributed by atoms with Crippen LogP contribution in [0.15, 0.2) is 0 Å². The van der Waals surface area contributed by atoms with Crippen LogP contribution in [-0.4, -0.2) is 42.5 Å². The molecule has 0 spiro atoms. The lowest BCUT2D eigenvalue weighted by Gasteiger charge is -2.11. The van der Waals surface area contributed by atoms with Crippen LogP contribution < -0.4 is 16.4 Å². The predicted molar refractivity (Wildman–Crippen MR) is 61.1 cm³/mol. The van der Waals surface area contributed by atoms with Gasteiger partial charge in [-0.25, -0.2) is 0 Å². The minimum atomic E-state index is -1.13. The number of carbonyl (C=O) groups is 3. The van der Waals surface area contributed by atoms with Gasteiger partial charge >= 0.3 is 5.97 Å². The highest BCUT2D eigenvalue weighted by atomic mass is 16.4. The third-order valence-corrected chi connectivity index (χ3v) is 2.27. The lowest BCUT2D eigenvalue weighted by molar-refractivity contribution is -0.137. The highest BCUT2D eigenvalue weighted by Gasteiger charge is 2.11. The van der Waals surface area contributed by atoms with Gasteiger partial charge in [-0.05, 0) is 12.5 Å². The fourth-order valence-corrected chi connectivity index (χ4v) is 1.14. The van der Waals surface area contributed by atoms with Crippen LogP contribution in [0.4, 0.5) is 0 Å². The molecule has 5 N–H and O–H groups in total. The Morgan fingerprint density at radius 1 is 1.18 bits per heavy atom. The van der Waals surface area contributed by atoms with Crippen molar-refractivity contribution in [3.8, 4) is 0 Å². The van der Waals surface area contributed by atoms with Crippen LogP contribution in [0.1, 0.15) is 19.8 Å². The standard InChI is InChI=1S/C10H19N3O4/c1-2-7(4-11)3-8(14)12-5-9(15)13-6-10(16)17/h7H,2-6,11H2,1H3,(H,12,14)(H,13,15)(H,16,17). The number of aliphatic carboxylic acids is 1. The Kier molecular flexibility index (Phi) is 7.70. The second kappa shape index (κ2) is 8.51. The molecule has 7 nitrogen and oxygen atoms in total. The molecule has 1 atom stereocenters. The summed E-state index contributed by atoms with van der Waals surface area (Å²) in [7, 11) is 0. The summed E-state index contributed by atoms with van der Waals surface area (Å²) in [4.78, 5) is 32.6. The average molecular weight is 245 g/mol. The quantitative estimate of drug-likeness (QED) is 0.422. The summed E-state index contributed by atoms with van der Waals surface area (Å²) in [6.45, 7) is 1.70. The molecule has 0 saturated heterocycles. The minimum absolute atomic E-state index is 0.108. The molecule has 0 aromatic rings. The molecule has 0 aliphatic carbocycles. The molecule has 0 bridgehead atoms. The molecule has 2 amide bonds. The van der Waals surface area contributed by atoms with E-state index in [1.807, 2.05) is 6.92 Å². The Hall–Kier alpha value is -1.63. The highest BCUT2D eigenvalue weighted by molar-refractivity contribution is 5.86. The lowest BCUT2D eigenvalue weighted by atomic mass is 10.0. The van der Waals surface area contributed by atoms with Gasteiger partial charge in [0.15, 0.2) is 0 Å². The van der Waals surface area contributed by atoms with Crippen molar-refractivity contribution in [2.75, 3.05) is 19.6 Å². The average Bonchev–Trinajstić information content (AvgIpc) is 2.30. The van der Waals surface area contributed by atoms with E-state index in [-0.39, 0.29) is 24.8 Å². The van der Waals surface area contributed by atoms with E-state index in [0.29, 0.717) is 6.54 Å². The van der Waals surface area contributed by atoms with Crippen molar-refractivity contribution in [2.24, 2.45) is 11.7 Å². The monoisotopic (exact) mass is 245 g/mol. The van der Waals surface area contributed by atoms with E-state index in [2.05, 4.69) is 10.6 Å². The van der Waals surface area contributed by atoms with Gasteiger partial charge < -0.3 is 21.5 Å². The maximum absolute atomic E-state index is 11.4. The van der Waals surface area contributed by atoms with Crippen LogP contribution in [0.25, 0.3) is 0 Å². The van der Waals surface area contributed by atoms with Gasteiger partial charge in [-0.2, -0.15) is 0 Å². The summed E-state index contributed by atoms with van der Waals surface area (Å²) in [5.74, 6) is -1.80. The van der Waals surface area contributed by atoms with Gasteiger partial charge in [0.25, 0.3) is 0 Å². The van der Waals surface area contributed by atoms with Crippen molar-refractivity contribution in [3.05, 3.63) is 0 Å².